The Hall–Kier alpha value is -2.14. The van der Waals surface area contributed by atoms with Crippen molar-refractivity contribution in [2.45, 2.75) is 6.54 Å². The highest BCUT2D eigenvalue weighted by Gasteiger charge is 2.08. The van der Waals surface area contributed by atoms with Gasteiger partial charge in [0.25, 0.3) is 0 Å². The van der Waals surface area contributed by atoms with Gasteiger partial charge in [-0.15, -0.1) is 6.58 Å². The standard InChI is InChI=1S/C13H10ClFN2O2/c1-2-5-16-6-7-17(13(19)12(16)18)9-3-4-11(15)10(14)8-9/h2-4,6-8H,1,5H2. The molecule has 0 aliphatic heterocycles. The Morgan fingerprint density at radius 1 is 1.26 bits per heavy atom. The third-order valence-corrected chi connectivity index (χ3v) is 2.86. The molecule has 98 valence electrons. The number of allylic oxidation sites excluding steroid dienone is 1. The van der Waals surface area contributed by atoms with Gasteiger partial charge in [-0.25, -0.2) is 4.39 Å². The van der Waals surface area contributed by atoms with Crippen LogP contribution >= 0.6 is 11.6 Å². The minimum atomic E-state index is -0.730. The van der Waals surface area contributed by atoms with E-state index in [9.17, 15) is 14.0 Å². The summed E-state index contributed by atoms with van der Waals surface area (Å²) in [4.78, 5) is 23.7. The molecule has 0 saturated carbocycles. The van der Waals surface area contributed by atoms with Gasteiger partial charge in [-0.3, -0.25) is 14.2 Å². The van der Waals surface area contributed by atoms with Gasteiger partial charge in [0.15, 0.2) is 0 Å². The van der Waals surface area contributed by atoms with Crippen LogP contribution in [0, 0.1) is 5.82 Å². The second-order valence-corrected chi connectivity index (χ2v) is 4.23. The van der Waals surface area contributed by atoms with Crippen LogP contribution in [0.2, 0.25) is 5.02 Å². The highest BCUT2D eigenvalue weighted by Crippen LogP contribution is 2.17. The van der Waals surface area contributed by atoms with E-state index in [2.05, 4.69) is 6.58 Å². The third kappa shape index (κ3) is 2.51. The first kappa shape index (κ1) is 13.3. The lowest BCUT2D eigenvalue weighted by Crippen LogP contribution is -2.39. The van der Waals surface area contributed by atoms with Crippen LogP contribution in [0.5, 0.6) is 0 Å². The van der Waals surface area contributed by atoms with E-state index in [1.54, 1.807) is 0 Å². The van der Waals surface area contributed by atoms with Crippen LogP contribution in [0.1, 0.15) is 0 Å². The van der Waals surface area contributed by atoms with E-state index in [1.165, 1.54) is 35.2 Å². The molecule has 0 spiro atoms. The van der Waals surface area contributed by atoms with Gasteiger partial charge in [0.2, 0.25) is 0 Å². The zero-order valence-corrected chi connectivity index (χ0v) is 10.6. The molecule has 0 bridgehead atoms. The van der Waals surface area contributed by atoms with Crippen LogP contribution in [0.25, 0.3) is 5.69 Å². The van der Waals surface area contributed by atoms with Crippen LogP contribution in [-0.2, 0) is 6.54 Å². The molecule has 4 nitrogen and oxygen atoms in total. The van der Waals surface area contributed by atoms with E-state index in [0.29, 0.717) is 5.69 Å². The van der Waals surface area contributed by atoms with Crippen LogP contribution in [-0.4, -0.2) is 9.13 Å². The molecule has 0 saturated heterocycles. The Bertz CT molecular complexity index is 749. The number of hydrogen-bond acceptors (Lipinski definition) is 2. The summed E-state index contributed by atoms with van der Waals surface area (Å²) < 4.78 is 15.4. The lowest BCUT2D eigenvalue weighted by molar-refractivity contribution is 0.627. The lowest BCUT2D eigenvalue weighted by atomic mass is 10.3. The van der Waals surface area contributed by atoms with E-state index in [-0.39, 0.29) is 11.6 Å². The zero-order chi connectivity index (χ0) is 14.0. The second-order valence-electron chi connectivity index (χ2n) is 3.82. The van der Waals surface area contributed by atoms with Gasteiger partial charge in [0, 0.05) is 18.9 Å². The molecule has 0 unspecified atom stereocenters. The minimum absolute atomic E-state index is 0.111. The summed E-state index contributed by atoms with van der Waals surface area (Å²) in [6.45, 7) is 3.75. The van der Waals surface area contributed by atoms with Gasteiger partial charge in [0.05, 0.1) is 10.7 Å². The van der Waals surface area contributed by atoms with E-state index >= 15 is 0 Å². The normalized spacial score (nSPS) is 10.4. The number of nitrogens with zero attached hydrogens (tertiary/aromatic N) is 2. The third-order valence-electron chi connectivity index (χ3n) is 2.57. The summed E-state index contributed by atoms with van der Waals surface area (Å²) in [5.74, 6) is -0.585. The van der Waals surface area contributed by atoms with Gasteiger partial charge in [-0.1, -0.05) is 17.7 Å². The highest BCUT2D eigenvalue weighted by atomic mass is 35.5. The first-order valence-electron chi connectivity index (χ1n) is 5.43. The van der Waals surface area contributed by atoms with Crippen molar-refractivity contribution in [1.82, 2.24) is 9.13 Å². The largest absolute Gasteiger partial charge is 0.320 e. The van der Waals surface area contributed by atoms with Crippen molar-refractivity contribution in [2.24, 2.45) is 0 Å². The average Bonchev–Trinajstić information content (AvgIpc) is 2.39. The molecule has 1 heterocycles. The number of benzene rings is 1. The quantitative estimate of drug-likeness (QED) is 0.637. The Morgan fingerprint density at radius 3 is 2.63 bits per heavy atom. The van der Waals surface area contributed by atoms with Crippen molar-refractivity contribution >= 4 is 11.6 Å². The van der Waals surface area contributed by atoms with Gasteiger partial charge in [-0.05, 0) is 18.2 Å². The summed E-state index contributed by atoms with van der Waals surface area (Å²) in [5.41, 5.74) is -1.07. The molecule has 0 fully saturated rings. The molecule has 0 amide bonds. The van der Waals surface area contributed by atoms with Gasteiger partial charge >= 0.3 is 11.1 Å². The van der Waals surface area contributed by atoms with Crippen molar-refractivity contribution in [1.29, 1.82) is 0 Å². The molecular weight excluding hydrogens is 271 g/mol. The van der Waals surface area contributed by atoms with E-state index in [0.717, 1.165) is 10.6 Å². The SMILES string of the molecule is C=CCn1ccn(-c2ccc(F)c(Cl)c2)c(=O)c1=O. The maximum atomic E-state index is 13.1. The number of aromatic nitrogens is 2. The number of rotatable bonds is 3. The highest BCUT2D eigenvalue weighted by molar-refractivity contribution is 6.30. The second kappa shape index (κ2) is 5.24. The first-order chi connectivity index (χ1) is 9.04. The summed E-state index contributed by atoms with van der Waals surface area (Å²) >= 11 is 5.65. The predicted molar refractivity (Wildman–Crippen MR) is 71.5 cm³/mol. The minimum Gasteiger partial charge on any atom is -0.306 e. The van der Waals surface area contributed by atoms with Crippen LogP contribution in [0.15, 0.2) is 52.8 Å². The summed E-state index contributed by atoms with van der Waals surface area (Å²) in [6.07, 6.45) is 4.40. The fraction of sp³-hybridized carbons (Fsp3) is 0.0769. The molecule has 0 N–H and O–H groups in total. The monoisotopic (exact) mass is 280 g/mol. The molecule has 1 aromatic carbocycles. The van der Waals surface area contributed by atoms with Crippen LogP contribution < -0.4 is 11.1 Å². The Morgan fingerprint density at radius 2 is 2.00 bits per heavy atom. The average molecular weight is 281 g/mol. The molecule has 0 atom stereocenters. The van der Waals surface area contributed by atoms with Crippen molar-refractivity contribution < 1.29 is 4.39 Å². The van der Waals surface area contributed by atoms with Crippen molar-refractivity contribution in [3.05, 3.63) is 74.8 Å². The Balaban J connectivity index is 2.61. The number of halogens is 2. The molecule has 6 heteroatoms. The Labute approximate surface area is 113 Å². The Kier molecular flexibility index (Phi) is 3.66. The van der Waals surface area contributed by atoms with Crippen LogP contribution in [0.3, 0.4) is 0 Å². The first-order valence-corrected chi connectivity index (χ1v) is 5.81. The predicted octanol–water partition coefficient (Wildman–Crippen LogP) is 1.98. The maximum absolute atomic E-state index is 13.1. The van der Waals surface area contributed by atoms with Crippen molar-refractivity contribution in [3.8, 4) is 5.69 Å². The summed E-state index contributed by atoms with van der Waals surface area (Å²) in [6, 6.07) is 3.80. The topological polar surface area (TPSA) is 44.0 Å². The lowest BCUT2D eigenvalue weighted by Gasteiger charge is -2.08. The molecule has 1 aromatic heterocycles. The smallest absolute Gasteiger partial charge is 0.306 e. The maximum Gasteiger partial charge on any atom is 0.320 e. The molecule has 0 aliphatic rings. The molecule has 0 aliphatic carbocycles. The van der Waals surface area contributed by atoms with Gasteiger partial charge < -0.3 is 4.57 Å². The van der Waals surface area contributed by atoms with Crippen LogP contribution in [0.4, 0.5) is 4.39 Å². The molecule has 19 heavy (non-hydrogen) atoms. The molecule has 2 aromatic rings. The summed E-state index contributed by atoms with van der Waals surface area (Å²) in [5, 5.41) is -0.111. The summed E-state index contributed by atoms with van der Waals surface area (Å²) in [7, 11) is 0. The van der Waals surface area contributed by atoms with Gasteiger partial charge in [0.1, 0.15) is 5.82 Å². The zero-order valence-electron chi connectivity index (χ0n) is 9.85. The van der Waals surface area contributed by atoms with E-state index < -0.39 is 16.9 Å². The van der Waals surface area contributed by atoms with Gasteiger partial charge in [-0.2, -0.15) is 0 Å². The fourth-order valence-electron chi connectivity index (χ4n) is 1.63. The molecule has 2 rings (SSSR count). The molecular formula is C13H10ClFN2O2. The number of hydrogen-bond donors (Lipinski definition) is 0. The van der Waals surface area contributed by atoms with E-state index in [1.807, 2.05) is 0 Å². The van der Waals surface area contributed by atoms with Crippen molar-refractivity contribution in [3.63, 3.8) is 0 Å². The van der Waals surface area contributed by atoms with Crippen molar-refractivity contribution in [2.75, 3.05) is 0 Å². The van der Waals surface area contributed by atoms with E-state index in [4.69, 9.17) is 11.6 Å². The fourth-order valence-corrected chi connectivity index (χ4v) is 1.80. The molecule has 0 radical (unpaired) electrons.